The Morgan fingerprint density at radius 2 is 1.90 bits per heavy atom. The summed E-state index contributed by atoms with van der Waals surface area (Å²) >= 11 is 2.30. The van der Waals surface area contributed by atoms with E-state index in [1.54, 1.807) is 0 Å². The fraction of sp³-hybridized carbons (Fsp3) is 0.412. The minimum absolute atomic E-state index is 0.567. The maximum Gasteiger partial charge on any atom is 0.140 e. The Morgan fingerprint density at radius 3 is 2.62 bits per heavy atom. The molecule has 1 aliphatic rings. The molecule has 2 aromatic rings. The van der Waals surface area contributed by atoms with E-state index in [1.807, 2.05) is 0 Å². The maximum atomic E-state index is 6.12. The molecule has 0 aliphatic heterocycles. The Kier molecular flexibility index (Phi) is 4.42. The number of rotatable bonds is 3. The zero-order chi connectivity index (χ0) is 14.8. The van der Waals surface area contributed by atoms with Crippen molar-refractivity contribution < 1.29 is 0 Å². The first-order valence-electron chi connectivity index (χ1n) is 7.51. The summed E-state index contributed by atoms with van der Waals surface area (Å²) in [5.41, 5.74) is 9.84. The molecule has 0 unspecified atom stereocenters. The molecule has 0 bridgehead atoms. The van der Waals surface area contributed by atoms with Crippen LogP contribution >= 0.6 is 22.6 Å². The van der Waals surface area contributed by atoms with E-state index in [0.29, 0.717) is 11.7 Å². The fourth-order valence-electron chi connectivity index (χ4n) is 3.06. The van der Waals surface area contributed by atoms with Crippen LogP contribution in [0.4, 0.5) is 5.82 Å². The number of nitrogen functional groups attached to an aromatic ring is 1. The summed E-state index contributed by atoms with van der Waals surface area (Å²) in [6.07, 6.45) is 5.83. The van der Waals surface area contributed by atoms with Crippen molar-refractivity contribution in [3.8, 4) is 0 Å². The molecule has 110 valence electrons. The topological polar surface area (TPSA) is 51.8 Å². The number of hydrogen-bond acceptors (Lipinski definition) is 3. The molecule has 4 heteroatoms. The summed E-state index contributed by atoms with van der Waals surface area (Å²) in [5, 5.41) is 0. The number of nitrogens with two attached hydrogens (primary N) is 1. The molecule has 0 amide bonds. The van der Waals surface area contributed by atoms with E-state index in [2.05, 4.69) is 58.8 Å². The van der Waals surface area contributed by atoms with E-state index in [0.717, 1.165) is 15.8 Å². The molecule has 0 saturated heterocycles. The van der Waals surface area contributed by atoms with Crippen LogP contribution in [0.15, 0.2) is 24.3 Å². The Balaban J connectivity index is 1.94. The van der Waals surface area contributed by atoms with Crippen LogP contribution in [0.3, 0.4) is 0 Å². The average molecular weight is 393 g/mol. The third-order valence-corrected chi connectivity index (χ3v) is 5.41. The van der Waals surface area contributed by atoms with Crippen LogP contribution in [0, 0.1) is 10.5 Å². The number of halogens is 1. The first-order chi connectivity index (χ1) is 10.1. The van der Waals surface area contributed by atoms with Crippen molar-refractivity contribution >= 4 is 28.4 Å². The third-order valence-electron chi connectivity index (χ3n) is 4.30. The number of benzene rings is 1. The molecule has 1 heterocycles. The zero-order valence-electron chi connectivity index (χ0n) is 12.3. The first kappa shape index (κ1) is 14.8. The van der Waals surface area contributed by atoms with Crippen molar-refractivity contribution in [2.24, 2.45) is 0 Å². The molecule has 1 aromatic carbocycles. The van der Waals surface area contributed by atoms with E-state index in [9.17, 15) is 0 Å². The fourth-order valence-corrected chi connectivity index (χ4v) is 3.74. The molecule has 1 fully saturated rings. The molecule has 1 aromatic heterocycles. The highest BCUT2D eigenvalue weighted by atomic mass is 127. The van der Waals surface area contributed by atoms with Crippen molar-refractivity contribution in [2.45, 2.75) is 44.9 Å². The lowest BCUT2D eigenvalue weighted by molar-refractivity contribution is 0.681. The van der Waals surface area contributed by atoms with Crippen molar-refractivity contribution in [1.82, 2.24) is 9.97 Å². The Morgan fingerprint density at radius 1 is 1.19 bits per heavy atom. The van der Waals surface area contributed by atoms with Gasteiger partial charge < -0.3 is 5.73 Å². The van der Waals surface area contributed by atoms with Gasteiger partial charge >= 0.3 is 0 Å². The molecule has 21 heavy (non-hydrogen) atoms. The second-order valence-corrected chi connectivity index (χ2v) is 6.89. The number of anilines is 1. The molecule has 3 rings (SSSR count). The minimum atomic E-state index is 0.567. The molecule has 0 atom stereocenters. The van der Waals surface area contributed by atoms with Crippen LogP contribution in [0.25, 0.3) is 0 Å². The first-order valence-corrected chi connectivity index (χ1v) is 8.59. The summed E-state index contributed by atoms with van der Waals surface area (Å²) < 4.78 is 1.05. The second-order valence-electron chi connectivity index (χ2n) is 5.81. The Bertz CT molecular complexity index is 648. The third kappa shape index (κ3) is 3.20. The molecular weight excluding hydrogens is 373 g/mol. The van der Waals surface area contributed by atoms with Gasteiger partial charge in [0.25, 0.3) is 0 Å². The Hall–Kier alpha value is -1.17. The van der Waals surface area contributed by atoms with Gasteiger partial charge in [-0.2, -0.15) is 0 Å². The van der Waals surface area contributed by atoms with Gasteiger partial charge in [-0.15, -0.1) is 0 Å². The van der Waals surface area contributed by atoms with E-state index >= 15 is 0 Å². The highest BCUT2D eigenvalue weighted by molar-refractivity contribution is 14.1. The van der Waals surface area contributed by atoms with Gasteiger partial charge in [-0.1, -0.05) is 37.1 Å². The van der Waals surface area contributed by atoms with Crippen molar-refractivity contribution in [1.29, 1.82) is 0 Å². The molecule has 3 nitrogen and oxygen atoms in total. The van der Waals surface area contributed by atoms with Gasteiger partial charge in [0.05, 0.1) is 9.26 Å². The second kappa shape index (κ2) is 6.30. The molecule has 0 radical (unpaired) electrons. The highest BCUT2D eigenvalue weighted by Crippen LogP contribution is 2.36. The number of nitrogens with zero attached hydrogens (tertiary/aromatic N) is 2. The molecule has 1 saturated carbocycles. The van der Waals surface area contributed by atoms with Gasteiger partial charge in [0.15, 0.2) is 0 Å². The van der Waals surface area contributed by atoms with Crippen molar-refractivity contribution in [2.75, 3.05) is 5.73 Å². The standard InChI is InChI=1S/C17H20IN3/c1-11-6-2-3-9-13(11)10-14-20-16(12-7-4-5-8-12)15(18)17(19)21-14/h2-3,6,9,12H,4-5,7-8,10H2,1H3,(H2,19,20,21). The van der Waals surface area contributed by atoms with Gasteiger partial charge in [0.2, 0.25) is 0 Å². The quantitative estimate of drug-likeness (QED) is 0.795. The van der Waals surface area contributed by atoms with Crippen molar-refractivity contribution in [3.63, 3.8) is 0 Å². The van der Waals surface area contributed by atoms with E-state index in [-0.39, 0.29) is 0 Å². The summed E-state index contributed by atoms with van der Waals surface area (Å²) in [5.74, 6) is 2.05. The van der Waals surface area contributed by atoms with Gasteiger partial charge in [0, 0.05) is 12.3 Å². The average Bonchev–Trinajstić information content (AvgIpc) is 2.99. The number of aryl methyl sites for hydroxylation is 1. The van der Waals surface area contributed by atoms with Crippen LogP contribution in [0.5, 0.6) is 0 Å². The van der Waals surface area contributed by atoms with E-state index < -0.39 is 0 Å². The summed E-state index contributed by atoms with van der Waals surface area (Å²) in [6, 6.07) is 8.40. The van der Waals surface area contributed by atoms with E-state index in [1.165, 1.54) is 42.5 Å². The lowest BCUT2D eigenvalue weighted by atomic mass is 10.0. The van der Waals surface area contributed by atoms with Gasteiger partial charge in [0.1, 0.15) is 11.6 Å². The van der Waals surface area contributed by atoms with Crippen LogP contribution in [-0.4, -0.2) is 9.97 Å². The number of aromatic nitrogens is 2. The van der Waals surface area contributed by atoms with Crippen LogP contribution in [0.2, 0.25) is 0 Å². The normalized spacial score (nSPS) is 15.5. The van der Waals surface area contributed by atoms with Gasteiger partial charge in [-0.3, -0.25) is 0 Å². The Labute approximate surface area is 139 Å². The van der Waals surface area contributed by atoms with Crippen LogP contribution in [0.1, 0.15) is 54.2 Å². The van der Waals surface area contributed by atoms with E-state index in [4.69, 9.17) is 10.7 Å². The maximum absolute atomic E-state index is 6.12. The molecule has 1 aliphatic carbocycles. The molecule has 0 spiro atoms. The van der Waals surface area contributed by atoms with Gasteiger partial charge in [-0.25, -0.2) is 9.97 Å². The predicted octanol–water partition coefficient (Wildman–Crippen LogP) is 4.22. The largest absolute Gasteiger partial charge is 0.383 e. The SMILES string of the molecule is Cc1ccccc1Cc1nc(N)c(I)c(C2CCCC2)n1. The zero-order valence-corrected chi connectivity index (χ0v) is 14.4. The lowest BCUT2D eigenvalue weighted by Gasteiger charge is -2.14. The monoisotopic (exact) mass is 393 g/mol. The van der Waals surface area contributed by atoms with Crippen LogP contribution in [-0.2, 0) is 6.42 Å². The number of hydrogen-bond donors (Lipinski definition) is 1. The summed E-state index contributed by atoms with van der Waals surface area (Å²) in [6.45, 7) is 2.13. The highest BCUT2D eigenvalue weighted by Gasteiger charge is 2.23. The minimum Gasteiger partial charge on any atom is -0.383 e. The summed E-state index contributed by atoms with van der Waals surface area (Å²) in [4.78, 5) is 9.35. The van der Waals surface area contributed by atoms with Crippen LogP contribution < -0.4 is 5.73 Å². The smallest absolute Gasteiger partial charge is 0.140 e. The lowest BCUT2D eigenvalue weighted by Crippen LogP contribution is -2.10. The molecular formula is C17H20IN3. The van der Waals surface area contributed by atoms with Crippen molar-refractivity contribution in [3.05, 3.63) is 50.5 Å². The summed E-state index contributed by atoms with van der Waals surface area (Å²) in [7, 11) is 0. The molecule has 2 N–H and O–H groups in total. The predicted molar refractivity (Wildman–Crippen MR) is 94.4 cm³/mol. The van der Waals surface area contributed by atoms with Gasteiger partial charge in [-0.05, 0) is 53.5 Å².